The summed E-state index contributed by atoms with van der Waals surface area (Å²) in [6, 6.07) is 14.2. The molecule has 0 radical (unpaired) electrons. The second kappa shape index (κ2) is 7.76. The standard InChI is InChI=1S/C18H10N2O4S4/c21-19(22)15-7-5-13(27-15)17(11-3-1-9-25-11)18(12-4-2-10-26-12)14-6-8-16(28-14)20(23)24/h1-10H/b18-17+. The van der Waals surface area contributed by atoms with Gasteiger partial charge in [-0.1, -0.05) is 34.8 Å². The van der Waals surface area contributed by atoms with E-state index >= 15 is 0 Å². The van der Waals surface area contributed by atoms with Crippen molar-refractivity contribution in [2.75, 3.05) is 0 Å². The maximum absolute atomic E-state index is 11.2. The molecule has 140 valence electrons. The first kappa shape index (κ1) is 18.7. The molecule has 0 amide bonds. The van der Waals surface area contributed by atoms with Crippen molar-refractivity contribution in [3.63, 3.8) is 0 Å². The molecule has 0 atom stereocenters. The fourth-order valence-corrected chi connectivity index (χ4v) is 6.18. The lowest BCUT2D eigenvalue weighted by molar-refractivity contribution is -0.380. The number of hydrogen-bond acceptors (Lipinski definition) is 8. The molecule has 10 heteroatoms. The van der Waals surface area contributed by atoms with E-state index in [1.807, 2.05) is 35.0 Å². The SMILES string of the molecule is O=[N+]([O-])c1ccc(/C(=C(\c2cccs2)c2ccc([N+](=O)[O-])s2)c2cccs2)s1. The molecule has 0 aliphatic rings. The predicted molar refractivity (Wildman–Crippen MR) is 116 cm³/mol. The van der Waals surface area contributed by atoms with Crippen LogP contribution in [0.4, 0.5) is 10.0 Å². The lowest BCUT2D eigenvalue weighted by atomic mass is 10.0. The quantitative estimate of drug-likeness (QED) is 0.242. The molecular formula is C18H10N2O4S4. The summed E-state index contributed by atoms with van der Waals surface area (Å²) in [5.41, 5.74) is 1.71. The van der Waals surface area contributed by atoms with E-state index < -0.39 is 9.85 Å². The molecule has 0 aliphatic carbocycles. The summed E-state index contributed by atoms with van der Waals surface area (Å²) in [5.74, 6) is 0. The molecule has 4 heterocycles. The summed E-state index contributed by atoms with van der Waals surface area (Å²) < 4.78 is 0. The number of hydrogen-bond donors (Lipinski definition) is 0. The summed E-state index contributed by atoms with van der Waals surface area (Å²) in [7, 11) is 0. The largest absolute Gasteiger partial charge is 0.324 e. The van der Waals surface area contributed by atoms with Crippen LogP contribution in [0, 0.1) is 20.2 Å². The third kappa shape index (κ3) is 3.54. The van der Waals surface area contributed by atoms with Crippen LogP contribution in [0.25, 0.3) is 11.1 Å². The molecule has 0 aromatic carbocycles. The topological polar surface area (TPSA) is 86.3 Å². The van der Waals surface area contributed by atoms with E-state index in [4.69, 9.17) is 0 Å². The average molecular weight is 447 g/mol. The number of nitrogens with zero attached hydrogens (tertiary/aromatic N) is 2. The number of nitro groups is 2. The summed E-state index contributed by atoms with van der Waals surface area (Å²) in [4.78, 5) is 25.0. The number of thiophene rings is 4. The smallest absolute Gasteiger partial charge is 0.258 e. The molecule has 0 N–H and O–H groups in total. The van der Waals surface area contributed by atoms with Crippen molar-refractivity contribution >= 4 is 66.5 Å². The van der Waals surface area contributed by atoms with Crippen molar-refractivity contribution < 1.29 is 9.85 Å². The highest BCUT2D eigenvalue weighted by atomic mass is 32.1. The molecule has 0 saturated heterocycles. The monoisotopic (exact) mass is 446 g/mol. The molecule has 0 bridgehead atoms. The lowest BCUT2D eigenvalue weighted by Crippen LogP contribution is -1.90. The van der Waals surface area contributed by atoms with Gasteiger partial charge in [-0.05, 0) is 35.0 Å². The third-order valence-electron chi connectivity index (χ3n) is 3.82. The Kier molecular flexibility index (Phi) is 5.18. The Hall–Kier alpha value is -2.66. The van der Waals surface area contributed by atoms with Crippen LogP contribution in [-0.4, -0.2) is 9.85 Å². The molecule has 4 aromatic heterocycles. The zero-order valence-corrected chi connectivity index (χ0v) is 17.2. The highest BCUT2D eigenvalue weighted by Crippen LogP contribution is 2.45. The Labute approximate surface area is 175 Å². The van der Waals surface area contributed by atoms with Gasteiger partial charge in [-0.3, -0.25) is 20.2 Å². The molecule has 0 fully saturated rings. The molecule has 0 saturated carbocycles. The fourth-order valence-electron chi connectivity index (χ4n) is 2.70. The van der Waals surface area contributed by atoms with E-state index in [1.54, 1.807) is 12.1 Å². The van der Waals surface area contributed by atoms with Crippen LogP contribution in [0.5, 0.6) is 0 Å². The maximum Gasteiger partial charge on any atom is 0.324 e. The second-order valence-electron chi connectivity index (χ2n) is 5.49. The van der Waals surface area contributed by atoms with Crippen LogP contribution < -0.4 is 0 Å². The summed E-state index contributed by atoms with van der Waals surface area (Å²) >= 11 is 5.27. The van der Waals surface area contributed by atoms with Gasteiger partial charge in [0.15, 0.2) is 0 Å². The van der Waals surface area contributed by atoms with Gasteiger partial charge in [0.05, 0.1) is 9.85 Å². The first-order valence-electron chi connectivity index (χ1n) is 7.86. The molecule has 4 rings (SSSR count). The van der Waals surface area contributed by atoms with E-state index in [9.17, 15) is 20.2 Å². The average Bonchev–Trinajstić information content (AvgIpc) is 3.48. The predicted octanol–water partition coefficient (Wildman–Crippen LogP) is 6.76. The number of rotatable bonds is 6. The highest BCUT2D eigenvalue weighted by molar-refractivity contribution is 7.19. The van der Waals surface area contributed by atoms with E-state index in [0.29, 0.717) is 0 Å². The Balaban J connectivity index is 2.02. The highest BCUT2D eigenvalue weighted by Gasteiger charge is 2.23. The van der Waals surface area contributed by atoms with Gasteiger partial charge < -0.3 is 0 Å². The van der Waals surface area contributed by atoms with E-state index in [-0.39, 0.29) is 10.0 Å². The molecule has 4 aromatic rings. The van der Waals surface area contributed by atoms with Gasteiger partial charge in [0.1, 0.15) is 0 Å². The molecule has 28 heavy (non-hydrogen) atoms. The zero-order valence-electron chi connectivity index (χ0n) is 13.9. The summed E-state index contributed by atoms with van der Waals surface area (Å²) in [6.07, 6.45) is 0. The molecular weight excluding hydrogens is 436 g/mol. The Morgan fingerprint density at radius 2 is 1.07 bits per heavy atom. The van der Waals surface area contributed by atoms with Crippen LogP contribution in [0.15, 0.2) is 59.3 Å². The molecule has 6 nitrogen and oxygen atoms in total. The maximum atomic E-state index is 11.2. The first-order chi connectivity index (χ1) is 13.5. The summed E-state index contributed by atoms with van der Waals surface area (Å²) in [6.45, 7) is 0. The van der Waals surface area contributed by atoms with Gasteiger partial charge in [0.2, 0.25) is 0 Å². The Morgan fingerprint density at radius 1 is 0.643 bits per heavy atom. The zero-order chi connectivity index (χ0) is 19.7. The third-order valence-corrected chi connectivity index (χ3v) is 7.71. The van der Waals surface area contributed by atoms with Gasteiger partial charge in [-0.15, -0.1) is 22.7 Å². The van der Waals surface area contributed by atoms with Gasteiger partial charge >= 0.3 is 10.0 Å². The van der Waals surface area contributed by atoms with Gasteiger partial charge in [0, 0.05) is 42.8 Å². The minimum absolute atomic E-state index is 0.0618. The molecule has 0 spiro atoms. The van der Waals surface area contributed by atoms with Crippen molar-refractivity contribution in [3.05, 3.63) is 99.0 Å². The van der Waals surface area contributed by atoms with Crippen molar-refractivity contribution in [1.82, 2.24) is 0 Å². The fraction of sp³-hybridized carbons (Fsp3) is 0. The Bertz CT molecular complexity index is 1080. The van der Waals surface area contributed by atoms with Crippen LogP contribution in [0.1, 0.15) is 19.5 Å². The van der Waals surface area contributed by atoms with Crippen LogP contribution in [0.2, 0.25) is 0 Å². The van der Waals surface area contributed by atoms with E-state index in [1.165, 1.54) is 34.8 Å². The molecule has 0 unspecified atom stereocenters. The van der Waals surface area contributed by atoms with E-state index in [0.717, 1.165) is 53.3 Å². The van der Waals surface area contributed by atoms with Crippen molar-refractivity contribution in [2.24, 2.45) is 0 Å². The van der Waals surface area contributed by atoms with Crippen molar-refractivity contribution in [1.29, 1.82) is 0 Å². The lowest BCUT2D eigenvalue weighted by Gasteiger charge is -2.11. The molecule has 0 aliphatic heterocycles. The van der Waals surface area contributed by atoms with Gasteiger partial charge in [0.25, 0.3) is 0 Å². The van der Waals surface area contributed by atoms with Gasteiger partial charge in [-0.25, -0.2) is 0 Å². The first-order valence-corrected chi connectivity index (χ1v) is 11.2. The normalized spacial score (nSPS) is 12.0. The summed E-state index contributed by atoms with van der Waals surface area (Å²) in [5, 5.41) is 26.4. The second-order valence-corrected chi connectivity index (χ2v) is 9.51. The minimum atomic E-state index is -0.402. The van der Waals surface area contributed by atoms with E-state index in [2.05, 4.69) is 0 Å². The van der Waals surface area contributed by atoms with Crippen LogP contribution in [-0.2, 0) is 0 Å². The van der Waals surface area contributed by atoms with Gasteiger partial charge in [-0.2, -0.15) is 0 Å². The van der Waals surface area contributed by atoms with Crippen LogP contribution in [0.3, 0.4) is 0 Å². The van der Waals surface area contributed by atoms with Crippen molar-refractivity contribution in [2.45, 2.75) is 0 Å². The van der Waals surface area contributed by atoms with Crippen molar-refractivity contribution in [3.8, 4) is 0 Å². The minimum Gasteiger partial charge on any atom is -0.258 e. The Morgan fingerprint density at radius 3 is 1.36 bits per heavy atom. The van der Waals surface area contributed by atoms with Crippen LogP contribution >= 0.6 is 45.3 Å².